The van der Waals surface area contributed by atoms with Gasteiger partial charge >= 0.3 is 0 Å². The number of benzene rings is 1. The van der Waals surface area contributed by atoms with E-state index in [1.54, 1.807) is 12.5 Å². The molecule has 100 valence electrons. The number of carbonyl (C=O) groups excluding carboxylic acids is 1. The van der Waals surface area contributed by atoms with E-state index < -0.39 is 0 Å². The van der Waals surface area contributed by atoms with Crippen LogP contribution in [0.25, 0.3) is 11.3 Å². The molecule has 0 aliphatic heterocycles. The fourth-order valence-corrected chi connectivity index (χ4v) is 1.59. The lowest BCUT2D eigenvalue weighted by Gasteiger charge is -2.08. The molecule has 0 aliphatic rings. The SMILES string of the molecule is CC(C)OCC(=O)Nc1ccc(-c2cnc[nH]2)cc1. The average Bonchev–Trinajstić information content (AvgIpc) is 2.91. The number of aromatic nitrogens is 2. The van der Waals surface area contributed by atoms with Crippen molar-refractivity contribution in [1.29, 1.82) is 0 Å². The first-order valence-electron chi connectivity index (χ1n) is 6.15. The Balaban J connectivity index is 1.94. The van der Waals surface area contributed by atoms with E-state index in [0.29, 0.717) is 0 Å². The van der Waals surface area contributed by atoms with Crippen molar-refractivity contribution in [3.8, 4) is 11.3 Å². The van der Waals surface area contributed by atoms with E-state index in [1.807, 2.05) is 38.1 Å². The van der Waals surface area contributed by atoms with E-state index in [0.717, 1.165) is 16.9 Å². The first-order valence-corrected chi connectivity index (χ1v) is 6.15. The van der Waals surface area contributed by atoms with Gasteiger partial charge in [0, 0.05) is 5.69 Å². The van der Waals surface area contributed by atoms with Crippen LogP contribution in [0.5, 0.6) is 0 Å². The number of imidazole rings is 1. The molecule has 1 aromatic heterocycles. The molecule has 0 fully saturated rings. The molecule has 1 aromatic carbocycles. The van der Waals surface area contributed by atoms with Crippen LogP contribution >= 0.6 is 0 Å². The molecule has 0 atom stereocenters. The molecule has 19 heavy (non-hydrogen) atoms. The molecule has 0 saturated heterocycles. The molecule has 1 amide bonds. The largest absolute Gasteiger partial charge is 0.369 e. The molecule has 2 N–H and O–H groups in total. The molecular weight excluding hydrogens is 242 g/mol. The number of ether oxygens (including phenoxy) is 1. The minimum Gasteiger partial charge on any atom is -0.369 e. The van der Waals surface area contributed by atoms with Gasteiger partial charge in [-0.3, -0.25) is 4.79 Å². The van der Waals surface area contributed by atoms with Gasteiger partial charge in [-0.2, -0.15) is 0 Å². The number of anilines is 1. The van der Waals surface area contributed by atoms with E-state index in [9.17, 15) is 4.79 Å². The highest BCUT2D eigenvalue weighted by molar-refractivity contribution is 5.91. The Kier molecular flexibility index (Phi) is 4.30. The summed E-state index contributed by atoms with van der Waals surface area (Å²) in [5.74, 6) is -0.150. The zero-order chi connectivity index (χ0) is 13.7. The van der Waals surface area contributed by atoms with Crippen LogP contribution < -0.4 is 5.32 Å². The topological polar surface area (TPSA) is 67.0 Å². The highest BCUT2D eigenvalue weighted by Gasteiger charge is 2.04. The summed E-state index contributed by atoms with van der Waals surface area (Å²) >= 11 is 0. The Labute approximate surface area is 112 Å². The van der Waals surface area contributed by atoms with E-state index in [-0.39, 0.29) is 18.6 Å². The molecule has 0 radical (unpaired) electrons. The molecule has 1 heterocycles. The molecule has 2 aromatic rings. The van der Waals surface area contributed by atoms with E-state index in [2.05, 4.69) is 15.3 Å². The zero-order valence-electron chi connectivity index (χ0n) is 11.0. The second-order valence-electron chi connectivity index (χ2n) is 4.45. The number of hydrogen-bond acceptors (Lipinski definition) is 3. The van der Waals surface area contributed by atoms with Crippen molar-refractivity contribution in [2.24, 2.45) is 0 Å². The van der Waals surface area contributed by atoms with Crippen LogP contribution in [-0.4, -0.2) is 28.6 Å². The average molecular weight is 259 g/mol. The minimum atomic E-state index is -0.150. The summed E-state index contributed by atoms with van der Waals surface area (Å²) in [5.41, 5.74) is 2.72. The molecule has 5 nitrogen and oxygen atoms in total. The van der Waals surface area contributed by atoms with Crippen molar-refractivity contribution in [1.82, 2.24) is 9.97 Å². The van der Waals surface area contributed by atoms with Gasteiger partial charge < -0.3 is 15.0 Å². The normalized spacial score (nSPS) is 10.7. The molecular formula is C14H17N3O2. The smallest absolute Gasteiger partial charge is 0.250 e. The van der Waals surface area contributed by atoms with Gasteiger partial charge in [0.05, 0.1) is 24.3 Å². The van der Waals surface area contributed by atoms with Crippen molar-refractivity contribution >= 4 is 11.6 Å². The van der Waals surface area contributed by atoms with Gasteiger partial charge in [-0.15, -0.1) is 0 Å². The molecule has 0 saturated carbocycles. The third kappa shape index (κ3) is 3.93. The number of nitrogens with zero attached hydrogens (tertiary/aromatic N) is 1. The summed E-state index contributed by atoms with van der Waals surface area (Å²) in [6, 6.07) is 7.55. The maximum Gasteiger partial charge on any atom is 0.250 e. The highest BCUT2D eigenvalue weighted by atomic mass is 16.5. The van der Waals surface area contributed by atoms with Crippen LogP contribution in [0.2, 0.25) is 0 Å². The maximum atomic E-state index is 11.6. The van der Waals surface area contributed by atoms with E-state index in [1.165, 1.54) is 0 Å². The van der Waals surface area contributed by atoms with Crippen LogP contribution in [0.3, 0.4) is 0 Å². The number of amides is 1. The summed E-state index contributed by atoms with van der Waals surface area (Å²) in [4.78, 5) is 18.6. The Morgan fingerprint density at radius 2 is 2.11 bits per heavy atom. The standard InChI is InChI=1S/C14H17N3O2/c1-10(2)19-8-14(18)17-12-5-3-11(4-6-12)13-7-15-9-16-13/h3-7,9-10H,8H2,1-2H3,(H,15,16)(H,17,18). The third-order valence-electron chi connectivity index (χ3n) is 2.53. The van der Waals surface area contributed by atoms with Gasteiger partial charge in [0.1, 0.15) is 6.61 Å². The lowest BCUT2D eigenvalue weighted by molar-refractivity contribution is -0.121. The van der Waals surface area contributed by atoms with Gasteiger partial charge in [0.2, 0.25) is 5.91 Å². The number of H-pyrrole nitrogens is 1. The predicted octanol–water partition coefficient (Wildman–Crippen LogP) is 2.44. The first kappa shape index (κ1) is 13.3. The van der Waals surface area contributed by atoms with E-state index >= 15 is 0 Å². The predicted molar refractivity (Wildman–Crippen MR) is 73.7 cm³/mol. The Morgan fingerprint density at radius 3 is 2.68 bits per heavy atom. The molecule has 0 bridgehead atoms. The van der Waals surface area contributed by atoms with Crippen molar-refractivity contribution in [2.75, 3.05) is 11.9 Å². The van der Waals surface area contributed by atoms with E-state index in [4.69, 9.17) is 4.74 Å². The Hall–Kier alpha value is -2.14. The lowest BCUT2D eigenvalue weighted by atomic mass is 10.1. The van der Waals surface area contributed by atoms with Crippen LogP contribution in [0.15, 0.2) is 36.8 Å². The quantitative estimate of drug-likeness (QED) is 0.866. The van der Waals surface area contributed by atoms with Gasteiger partial charge in [-0.1, -0.05) is 12.1 Å². The second-order valence-corrected chi connectivity index (χ2v) is 4.45. The molecule has 0 unspecified atom stereocenters. The Bertz CT molecular complexity index is 518. The number of nitrogens with one attached hydrogen (secondary N) is 2. The zero-order valence-corrected chi connectivity index (χ0v) is 11.0. The monoisotopic (exact) mass is 259 g/mol. The first-order chi connectivity index (χ1) is 9.15. The fraction of sp³-hybridized carbons (Fsp3) is 0.286. The van der Waals surface area contributed by atoms with Crippen molar-refractivity contribution in [3.63, 3.8) is 0 Å². The summed E-state index contributed by atoms with van der Waals surface area (Å²) in [6.45, 7) is 3.86. The van der Waals surface area contributed by atoms with Gasteiger partial charge in [-0.25, -0.2) is 4.98 Å². The van der Waals surface area contributed by atoms with Crippen molar-refractivity contribution in [2.45, 2.75) is 20.0 Å². The van der Waals surface area contributed by atoms with Gasteiger partial charge in [0.15, 0.2) is 0 Å². The number of rotatable bonds is 5. The third-order valence-corrected chi connectivity index (χ3v) is 2.53. The van der Waals surface area contributed by atoms with Crippen LogP contribution in [0.4, 0.5) is 5.69 Å². The molecule has 5 heteroatoms. The van der Waals surface area contributed by atoms with Crippen molar-refractivity contribution < 1.29 is 9.53 Å². The number of hydrogen-bond donors (Lipinski definition) is 2. The van der Waals surface area contributed by atoms with Gasteiger partial charge in [-0.05, 0) is 31.5 Å². The Morgan fingerprint density at radius 1 is 1.37 bits per heavy atom. The highest BCUT2D eigenvalue weighted by Crippen LogP contribution is 2.18. The summed E-state index contributed by atoms with van der Waals surface area (Å²) in [7, 11) is 0. The number of carbonyl (C=O) groups is 1. The molecule has 0 aliphatic carbocycles. The van der Waals surface area contributed by atoms with Crippen LogP contribution in [0.1, 0.15) is 13.8 Å². The number of aromatic amines is 1. The van der Waals surface area contributed by atoms with Crippen molar-refractivity contribution in [3.05, 3.63) is 36.8 Å². The maximum absolute atomic E-state index is 11.6. The summed E-state index contributed by atoms with van der Waals surface area (Å²) in [5, 5.41) is 2.78. The van der Waals surface area contributed by atoms with Crippen LogP contribution in [-0.2, 0) is 9.53 Å². The summed E-state index contributed by atoms with van der Waals surface area (Å²) in [6.07, 6.45) is 3.44. The molecule has 0 spiro atoms. The molecule has 2 rings (SSSR count). The van der Waals surface area contributed by atoms with Gasteiger partial charge in [0.25, 0.3) is 0 Å². The minimum absolute atomic E-state index is 0.0495. The second kappa shape index (κ2) is 6.15. The van der Waals surface area contributed by atoms with Crippen LogP contribution in [0, 0.1) is 0 Å². The summed E-state index contributed by atoms with van der Waals surface area (Å²) < 4.78 is 5.23. The fourth-order valence-electron chi connectivity index (χ4n) is 1.59. The lowest BCUT2D eigenvalue weighted by Crippen LogP contribution is -2.20.